The Morgan fingerprint density at radius 1 is 1.14 bits per heavy atom. The number of carbonyl (C=O) groups excluding carboxylic acids is 1. The molecule has 2 aromatic rings. The summed E-state index contributed by atoms with van der Waals surface area (Å²) in [5.41, 5.74) is 1.13. The number of nitrogens with one attached hydrogen (secondary N) is 1. The average Bonchev–Trinajstić information content (AvgIpc) is 2.69. The van der Waals surface area contributed by atoms with Gasteiger partial charge in [-0.3, -0.25) is 15.0 Å². The number of anilines is 1. The fourth-order valence-corrected chi connectivity index (χ4v) is 3.12. The predicted octanol–water partition coefficient (Wildman–Crippen LogP) is 3.13. The van der Waals surface area contributed by atoms with Crippen LogP contribution in [0, 0.1) is 17.0 Å². The van der Waals surface area contributed by atoms with Crippen LogP contribution in [0.1, 0.15) is 5.56 Å². The molecule has 1 N–H and O–H groups in total. The normalized spacial score (nSPS) is 14.5. The number of nitrogens with zero attached hydrogens (tertiary/aromatic N) is 3. The summed E-state index contributed by atoms with van der Waals surface area (Å²) < 4.78 is 5.72. The van der Waals surface area contributed by atoms with E-state index in [0.717, 1.165) is 25.4 Å². The van der Waals surface area contributed by atoms with Crippen LogP contribution in [0.15, 0.2) is 48.5 Å². The summed E-state index contributed by atoms with van der Waals surface area (Å²) in [5, 5.41) is 13.7. The second-order valence-corrected chi connectivity index (χ2v) is 6.68. The van der Waals surface area contributed by atoms with E-state index in [1.54, 1.807) is 24.0 Å². The zero-order chi connectivity index (χ0) is 19.9. The highest BCUT2D eigenvalue weighted by atomic mass is 16.6. The number of hydrogen-bond acceptors (Lipinski definition) is 5. The topological polar surface area (TPSA) is 88.0 Å². The number of nitro groups is 1. The van der Waals surface area contributed by atoms with E-state index >= 15 is 0 Å². The van der Waals surface area contributed by atoms with Crippen LogP contribution in [0.25, 0.3) is 0 Å². The first-order chi connectivity index (χ1) is 13.5. The lowest BCUT2D eigenvalue weighted by atomic mass is 10.2. The number of aryl methyl sites for hydroxylation is 1. The van der Waals surface area contributed by atoms with Gasteiger partial charge in [-0.2, -0.15) is 0 Å². The fourth-order valence-electron chi connectivity index (χ4n) is 3.12. The number of nitro benzene ring substituents is 1. The van der Waals surface area contributed by atoms with Gasteiger partial charge in [0.15, 0.2) is 0 Å². The van der Waals surface area contributed by atoms with Crippen LogP contribution < -0.4 is 10.1 Å². The molecule has 2 aromatic carbocycles. The first-order valence-electron chi connectivity index (χ1n) is 9.24. The van der Waals surface area contributed by atoms with Crippen LogP contribution in [-0.4, -0.2) is 60.1 Å². The summed E-state index contributed by atoms with van der Waals surface area (Å²) in [6, 6.07) is 14.1. The number of rotatable bonds is 6. The lowest BCUT2D eigenvalue weighted by Gasteiger charge is -2.34. The third-order valence-corrected chi connectivity index (χ3v) is 4.72. The summed E-state index contributed by atoms with van der Waals surface area (Å²) in [4.78, 5) is 26.9. The van der Waals surface area contributed by atoms with Crippen molar-refractivity contribution in [3.63, 3.8) is 0 Å². The highest BCUT2D eigenvalue weighted by Gasteiger charge is 2.21. The third-order valence-electron chi connectivity index (χ3n) is 4.72. The summed E-state index contributed by atoms with van der Waals surface area (Å²) in [5.74, 6) is 0.860. The van der Waals surface area contributed by atoms with Gasteiger partial charge < -0.3 is 15.0 Å². The second-order valence-electron chi connectivity index (χ2n) is 6.68. The molecule has 28 heavy (non-hydrogen) atoms. The zero-order valence-corrected chi connectivity index (χ0v) is 15.8. The number of benzene rings is 2. The van der Waals surface area contributed by atoms with Crippen molar-refractivity contribution < 1.29 is 14.5 Å². The van der Waals surface area contributed by atoms with E-state index < -0.39 is 4.92 Å². The van der Waals surface area contributed by atoms with Gasteiger partial charge in [0.2, 0.25) is 0 Å². The molecule has 1 saturated heterocycles. The summed E-state index contributed by atoms with van der Waals surface area (Å²) in [7, 11) is 0. The van der Waals surface area contributed by atoms with Crippen LogP contribution in [0.5, 0.6) is 5.75 Å². The van der Waals surface area contributed by atoms with Gasteiger partial charge in [-0.1, -0.05) is 18.2 Å². The maximum Gasteiger partial charge on any atom is 0.321 e. The average molecular weight is 384 g/mol. The second kappa shape index (κ2) is 9.18. The molecular formula is C20H24N4O4. The van der Waals surface area contributed by atoms with Gasteiger partial charge in [0, 0.05) is 50.0 Å². The lowest BCUT2D eigenvalue weighted by molar-refractivity contribution is -0.385. The molecule has 0 unspecified atom stereocenters. The van der Waals surface area contributed by atoms with Gasteiger partial charge in [-0.25, -0.2) is 4.79 Å². The molecule has 148 valence electrons. The molecule has 1 aliphatic rings. The summed E-state index contributed by atoms with van der Waals surface area (Å²) in [6.07, 6.45) is 0. The smallest absolute Gasteiger partial charge is 0.321 e. The van der Waals surface area contributed by atoms with Crippen molar-refractivity contribution in [2.45, 2.75) is 6.92 Å². The fraction of sp³-hybridized carbons (Fsp3) is 0.350. The molecule has 2 amide bonds. The zero-order valence-electron chi connectivity index (χ0n) is 15.8. The highest BCUT2D eigenvalue weighted by molar-refractivity contribution is 5.89. The van der Waals surface area contributed by atoms with Crippen LogP contribution >= 0.6 is 0 Å². The molecule has 1 fully saturated rings. The quantitative estimate of drug-likeness (QED) is 0.611. The van der Waals surface area contributed by atoms with Gasteiger partial charge in [-0.15, -0.1) is 0 Å². The number of piperazine rings is 1. The molecule has 3 rings (SSSR count). The minimum absolute atomic E-state index is 0.0457. The van der Waals surface area contributed by atoms with Gasteiger partial charge in [0.1, 0.15) is 12.4 Å². The molecule has 1 heterocycles. The van der Waals surface area contributed by atoms with Crippen molar-refractivity contribution in [2.24, 2.45) is 0 Å². The van der Waals surface area contributed by atoms with Crippen molar-refractivity contribution in [2.75, 3.05) is 44.6 Å². The standard InChI is InChI=1S/C20H24N4O4/c1-16-15-17(7-8-19(16)24(26)27)21-20(25)23-11-9-22(10-12-23)13-14-28-18-5-3-2-4-6-18/h2-8,15H,9-14H2,1H3,(H,21,25). The molecule has 1 aliphatic heterocycles. The van der Waals surface area contributed by atoms with E-state index in [2.05, 4.69) is 10.2 Å². The van der Waals surface area contributed by atoms with Crippen LogP contribution in [0.2, 0.25) is 0 Å². The molecular weight excluding hydrogens is 360 g/mol. The molecule has 0 radical (unpaired) electrons. The lowest BCUT2D eigenvalue weighted by Crippen LogP contribution is -2.50. The third kappa shape index (κ3) is 5.20. The number of carbonyl (C=O) groups is 1. The summed E-state index contributed by atoms with van der Waals surface area (Å²) in [6.45, 7) is 5.90. The Morgan fingerprint density at radius 3 is 2.50 bits per heavy atom. The Labute approximate surface area is 163 Å². The molecule has 0 atom stereocenters. The number of para-hydroxylation sites is 1. The first kappa shape index (κ1) is 19.6. The Kier molecular flexibility index (Phi) is 6.44. The highest BCUT2D eigenvalue weighted by Crippen LogP contribution is 2.22. The first-order valence-corrected chi connectivity index (χ1v) is 9.24. The van der Waals surface area contributed by atoms with E-state index in [-0.39, 0.29) is 11.7 Å². The van der Waals surface area contributed by atoms with Gasteiger partial charge in [-0.05, 0) is 31.2 Å². The Balaban J connectivity index is 1.42. The van der Waals surface area contributed by atoms with E-state index in [1.165, 1.54) is 6.07 Å². The summed E-state index contributed by atoms with van der Waals surface area (Å²) >= 11 is 0. The van der Waals surface area contributed by atoms with Crippen molar-refractivity contribution in [3.8, 4) is 5.75 Å². The maximum absolute atomic E-state index is 12.4. The number of ether oxygens (including phenoxy) is 1. The molecule has 0 bridgehead atoms. The van der Waals surface area contributed by atoms with Crippen molar-refractivity contribution in [3.05, 3.63) is 64.2 Å². The van der Waals surface area contributed by atoms with Crippen molar-refractivity contribution in [1.29, 1.82) is 0 Å². The molecule has 8 nitrogen and oxygen atoms in total. The van der Waals surface area contributed by atoms with Crippen molar-refractivity contribution in [1.82, 2.24) is 9.80 Å². The molecule has 0 aliphatic carbocycles. The van der Waals surface area contributed by atoms with Crippen LogP contribution in [0.3, 0.4) is 0 Å². The van der Waals surface area contributed by atoms with Crippen molar-refractivity contribution >= 4 is 17.4 Å². The predicted molar refractivity (Wildman–Crippen MR) is 107 cm³/mol. The Bertz CT molecular complexity index is 820. The minimum atomic E-state index is -0.429. The monoisotopic (exact) mass is 384 g/mol. The Morgan fingerprint density at radius 2 is 1.86 bits per heavy atom. The maximum atomic E-state index is 12.4. The number of urea groups is 1. The van der Waals surface area contributed by atoms with Crippen LogP contribution in [-0.2, 0) is 0 Å². The molecule has 8 heteroatoms. The van der Waals surface area contributed by atoms with E-state index in [0.29, 0.717) is 30.9 Å². The SMILES string of the molecule is Cc1cc(NC(=O)N2CCN(CCOc3ccccc3)CC2)ccc1[N+](=O)[O-]. The van der Waals surface area contributed by atoms with E-state index in [9.17, 15) is 14.9 Å². The van der Waals surface area contributed by atoms with Crippen LogP contribution in [0.4, 0.5) is 16.2 Å². The van der Waals surface area contributed by atoms with E-state index in [4.69, 9.17) is 4.74 Å². The van der Waals surface area contributed by atoms with E-state index in [1.807, 2.05) is 30.3 Å². The minimum Gasteiger partial charge on any atom is -0.492 e. The number of amides is 2. The largest absolute Gasteiger partial charge is 0.492 e. The molecule has 0 aromatic heterocycles. The van der Waals surface area contributed by atoms with Gasteiger partial charge in [0.05, 0.1) is 4.92 Å². The number of hydrogen-bond donors (Lipinski definition) is 1. The van der Waals surface area contributed by atoms with Gasteiger partial charge >= 0.3 is 6.03 Å². The molecule has 0 spiro atoms. The molecule has 0 saturated carbocycles. The Hall–Kier alpha value is -3.13. The van der Waals surface area contributed by atoms with Gasteiger partial charge in [0.25, 0.3) is 5.69 Å².